The molecule has 0 saturated carbocycles. The van der Waals surface area contributed by atoms with Crippen molar-refractivity contribution in [3.8, 4) is 5.75 Å². The van der Waals surface area contributed by atoms with E-state index in [0.717, 1.165) is 11.4 Å². The van der Waals surface area contributed by atoms with Gasteiger partial charge in [0.2, 0.25) is 5.91 Å². The van der Waals surface area contributed by atoms with Crippen LogP contribution in [0.2, 0.25) is 5.02 Å². The number of hydrogen-bond acceptors (Lipinski definition) is 2. The zero-order valence-corrected chi connectivity index (χ0v) is 13.2. The van der Waals surface area contributed by atoms with Gasteiger partial charge in [-0.1, -0.05) is 11.6 Å². The highest BCUT2D eigenvalue weighted by Gasteiger charge is 2.09. The fourth-order valence-electron chi connectivity index (χ4n) is 2.26. The van der Waals surface area contributed by atoms with Gasteiger partial charge in [0.25, 0.3) is 0 Å². The Morgan fingerprint density at radius 3 is 2.52 bits per heavy atom. The maximum Gasteiger partial charge on any atom is 0.226 e. The van der Waals surface area contributed by atoms with Gasteiger partial charge in [0.1, 0.15) is 5.75 Å². The largest absolute Gasteiger partial charge is 0.495 e. The van der Waals surface area contributed by atoms with Gasteiger partial charge in [-0.3, -0.25) is 4.79 Å². The fourth-order valence-corrected chi connectivity index (χ4v) is 2.43. The van der Waals surface area contributed by atoms with Crippen LogP contribution in [0.15, 0.2) is 30.3 Å². The van der Waals surface area contributed by atoms with Crippen LogP contribution in [0.5, 0.6) is 5.75 Å². The molecule has 0 aliphatic carbocycles. The lowest BCUT2D eigenvalue weighted by Gasteiger charge is -2.12. The van der Waals surface area contributed by atoms with Crippen LogP contribution in [0.3, 0.4) is 0 Å². The van der Waals surface area contributed by atoms with E-state index < -0.39 is 0 Å². The Bertz CT molecular complexity index is 630. The number of carbonyl (C=O) groups is 1. The van der Waals surface area contributed by atoms with E-state index in [4.69, 9.17) is 16.3 Å². The van der Waals surface area contributed by atoms with Crippen molar-refractivity contribution in [2.45, 2.75) is 26.8 Å². The fraction of sp³-hybridized carbons (Fsp3) is 0.312. The molecule has 0 saturated heterocycles. The molecule has 0 radical (unpaired) electrons. The summed E-state index contributed by atoms with van der Waals surface area (Å²) >= 11 is 5.95. The summed E-state index contributed by atoms with van der Waals surface area (Å²) in [6.45, 7) is 4.72. The van der Waals surface area contributed by atoms with Crippen molar-refractivity contribution in [1.29, 1.82) is 0 Å². The van der Waals surface area contributed by atoms with E-state index in [1.54, 1.807) is 25.3 Å². The molecule has 21 heavy (non-hydrogen) atoms. The van der Waals surface area contributed by atoms with Crippen LogP contribution < -0.4 is 10.1 Å². The molecule has 0 aliphatic rings. The SMILES string of the molecule is COc1ccc(Cl)cc1NC(=O)CCn1c(C)ccc1C. The number of aromatic nitrogens is 1. The quantitative estimate of drug-likeness (QED) is 0.913. The third-order valence-corrected chi connectivity index (χ3v) is 3.65. The van der Waals surface area contributed by atoms with Crippen molar-refractivity contribution >= 4 is 23.2 Å². The number of halogens is 1. The minimum absolute atomic E-state index is 0.0666. The predicted octanol–water partition coefficient (Wildman–Crippen LogP) is 3.80. The van der Waals surface area contributed by atoms with E-state index >= 15 is 0 Å². The minimum Gasteiger partial charge on any atom is -0.495 e. The van der Waals surface area contributed by atoms with Gasteiger partial charge in [0.15, 0.2) is 0 Å². The molecule has 0 aliphatic heterocycles. The Labute approximate surface area is 129 Å². The highest BCUT2D eigenvalue weighted by molar-refractivity contribution is 6.31. The topological polar surface area (TPSA) is 43.3 Å². The molecule has 2 rings (SSSR count). The van der Waals surface area contributed by atoms with Crippen LogP contribution in [-0.2, 0) is 11.3 Å². The van der Waals surface area contributed by atoms with E-state index in [2.05, 4.69) is 9.88 Å². The number of nitrogens with zero attached hydrogens (tertiary/aromatic N) is 1. The highest BCUT2D eigenvalue weighted by atomic mass is 35.5. The normalized spacial score (nSPS) is 10.5. The van der Waals surface area contributed by atoms with Gasteiger partial charge in [-0.25, -0.2) is 0 Å². The van der Waals surface area contributed by atoms with Crippen LogP contribution in [0.1, 0.15) is 17.8 Å². The molecule has 0 fully saturated rings. The van der Waals surface area contributed by atoms with Gasteiger partial charge < -0.3 is 14.6 Å². The number of ether oxygens (including phenoxy) is 1. The standard InChI is InChI=1S/C16H19ClN2O2/c1-11-4-5-12(2)19(11)9-8-16(20)18-14-10-13(17)6-7-15(14)21-3/h4-7,10H,8-9H2,1-3H3,(H,18,20). The van der Waals surface area contributed by atoms with Gasteiger partial charge in [-0.15, -0.1) is 0 Å². The molecule has 1 amide bonds. The van der Waals surface area contributed by atoms with Crippen LogP contribution in [-0.4, -0.2) is 17.6 Å². The molecule has 1 aromatic heterocycles. The summed E-state index contributed by atoms with van der Waals surface area (Å²) in [5, 5.41) is 3.40. The smallest absolute Gasteiger partial charge is 0.226 e. The minimum atomic E-state index is -0.0666. The Morgan fingerprint density at radius 2 is 1.90 bits per heavy atom. The lowest BCUT2D eigenvalue weighted by atomic mass is 10.2. The first-order valence-electron chi connectivity index (χ1n) is 6.77. The average Bonchev–Trinajstić information content (AvgIpc) is 2.76. The Balaban J connectivity index is 2.01. The van der Waals surface area contributed by atoms with Gasteiger partial charge in [0.05, 0.1) is 12.8 Å². The number of rotatable bonds is 5. The first-order chi connectivity index (χ1) is 10.0. The first-order valence-corrected chi connectivity index (χ1v) is 7.15. The molecule has 0 atom stereocenters. The molecule has 1 aromatic carbocycles. The van der Waals surface area contributed by atoms with Crippen LogP contribution in [0.4, 0.5) is 5.69 Å². The van der Waals surface area contributed by atoms with E-state index in [1.807, 2.05) is 26.0 Å². The maximum atomic E-state index is 12.1. The van der Waals surface area contributed by atoms with E-state index in [0.29, 0.717) is 29.4 Å². The number of anilines is 1. The third kappa shape index (κ3) is 3.79. The van der Waals surface area contributed by atoms with Crippen molar-refractivity contribution in [2.75, 3.05) is 12.4 Å². The number of aryl methyl sites for hydroxylation is 2. The molecule has 112 valence electrons. The number of amides is 1. The molecule has 0 unspecified atom stereocenters. The van der Waals surface area contributed by atoms with E-state index in [-0.39, 0.29) is 5.91 Å². The third-order valence-electron chi connectivity index (χ3n) is 3.42. The second-order valence-corrected chi connectivity index (χ2v) is 5.35. The lowest BCUT2D eigenvalue weighted by Crippen LogP contribution is -2.16. The number of nitrogens with one attached hydrogen (secondary N) is 1. The summed E-state index contributed by atoms with van der Waals surface area (Å²) in [5.41, 5.74) is 2.90. The molecular formula is C16H19ClN2O2. The van der Waals surface area contributed by atoms with E-state index in [9.17, 15) is 4.79 Å². The summed E-state index contributed by atoms with van der Waals surface area (Å²) < 4.78 is 7.33. The van der Waals surface area contributed by atoms with Gasteiger partial charge in [-0.2, -0.15) is 0 Å². The number of carbonyl (C=O) groups excluding carboxylic acids is 1. The summed E-state index contributed by atoms with van der Waals surface area (Å²) in [6, 6.07) is 9.24. The van der Waals surface area contributed by atoms with Crippen LogP contribution in [0, 0.1) is 13.8 Å². The molecule has 5 heteroatoms. The Hall–Kier alpha value is -1.94. The van der Waals surface area contributed by atoms with Crippen molar-refractivity contribution < 1.29 is 9.53 Å². The maximum absolute atomic E-state index is 12.1. The molecule has 1 N–H and O–H groups in total. The second kappa shape index (κ2) is 6.68. The van der Waals surface area contributed by atoms with Crippen LogP contribution >= 0.6 is 11.6 Å². The molecule has 2 aromatic rings. The van der Waals surface area contributed by atoms with E-state index in [1.165, 1.54) is 0 Å². The molecule has 0 spiro atoms. The highest BCUT2D eigenvalue weighted by Crippen LogP contribution is 2.27. The molecule has 4 nitrogen and oxygen atoms in total. The molecule has 0 bridgehead atoms. The number of methoxy groups -OCH3 is 1. The number of benzene rings is 1. The second-order valence-electron chi connectivity index (χ2n) is 4.91. The molecular weight excluding hydrogens is 288 g/mol. The zero-order valence-electron chi connectivity index (χ0n) is 12.4. The summed E-state index contributed by atoms with van der Waals surface area (Å²) in [6.07, 6.45) is 0.395. The summed E-state index contributed by atoms with van der Waals surface area (Å²) in [4.78, 5) is 12.1. The lowest BCUT2D eigenvalue weighted by molar-refractivity contribution is -0.116. The Kier molecular flexibility index (Phi) is 4.91. The van der Waals surface area contributed by atoms with Crippen molar-refractivity contribution in [1.82, 2.24) is 4.57 Å². The first kappa shape index (κ1) is 15.4. The monoisotopic (exact) mass is 306 g/mol. The van der Waals surface area contributed by atoms with Crippen molar-refractivity contribution in [3.05, 3.63) is 46.7 Å². The van der Waals surface area contributed by atoms with Gasteiger partial charge in [0, 0.05) is 29.4 Å². The summed E-state index contributed by atoms with van der Waals surface area (Å²) in [5.74, 6) is 0.532. The molecule has 1 heterocycles. The van der Waals surface area contributed by atoms with Gasteiger partial charge >= 0.3 is 0 Å². The Morgan fingerprint density at radius 1 is 1.24 bits per heavy atom. The predicted molar refractivity (Wildman–Crippen MR) is 85.2 cm³/mol. The average molecular weight is 307 g/mol. The summed E-state index contributed by atoms with van der Waals surface area (Å²) in [7, 11) is 1.56. The number of hydrogen-bond donors (Lipinski definition) is 1. The van der Waals surface area contributed by atoms with Crippen LogP contribution in [0.25, 0.3) is 0 Å². The van der Waals surface area contributed by atoms with Gasteiger partial charge in [-0.05, 0) is 44.2 Å². The zero-order chi connectivity index (χ0) is 15.4. The van der Waals surface area contributed by atoms with Crippen molar-refractivity contribution in [3.63, 3.8) is 0 Å². The van der Waals surface area contributed by atoms with Crippen molar-refractivity contribution in [2.24, 2.45) is 0 Å².